The third-order valence-corrected chi connectivity index (χ3v) is 3.98. The summed E-state index contributed by atoms with van der Waals surface area (Å²) in [5.74, 6) is -5.44. The van der Waals surface area contributed by atoms with Gasteiger partial charge in [-0.1, -0.05) is 26.5 Å². The Morgan fingerprint density at radius 2 is 1.54 bits per heavy atom. The molecule has 3 N–H and O–H groups in total. The highest BCUT2D eigenvalue weighted by molar-refractivity contribution is 7.97. The number of aryl methyl sites for hydroxylation is 1. The molecule has 0 unspecified atom stereocenters. The first-order valence-electron chi connectivity index (χ1n) is 7.81. The minimum atomic E-state index is -1.79. The molecule has 0 aliphatic carbocycles. The number of aromatic nitrogens is 2. The molecular formula is C17H24F4N4S. The lowest BCUT2D eigenvalue weighted by Crippen LogP contribution is -2.04. The molecule has 0 spiro atoms. The van der Waals surface area contributed by atoms with Crippen LogP contribution in [0.15, 0.2) is 11.5 Å². The molecule has 0 saturated carbocycles. The molecule has 0 saturated heterocycles. The fraction of sp³-hybridized carbons (Fsp3) is 0.353. The second-order valence-corrected chi connectivity index (χ2v) is 5.60. The van der Waals surface area contributed by atoms with Crippen LogP contribution in [-0.4, -0.2) is 24.3 Å². The topological polar surface area (TPSA) is 52.7 Å². The van der Waals surface area contributed by atoms with Gasteiger partial charge in [-0.05, 0) is 32.8 Å². The van der Waals surface area contributed by atoms with Gasteiger partial charge in [0.05, 0.1) is 4.90 Å². The fourth-order valence-corrected chi connectivity index (χ4v) is 2.45. The van der Waals surface area contributed by atoms with E-state index in [0.717, 1.165) is 17.1 Å². The Bertz CT molecular complexity index is 703. The molecule has 1 heterocycles. The zero-order valence-corrected chi connectivity index (χ0v) is 16.5. The molecule has 0 fully saturated rings. The number of aromatic amines is 1. The Balaban J connectivity index is 0.000000458. The Kier molecular flexibility index (Phi) is 10.7. The lowest BCUT2D eigenvalue weighted by atomic mass is 10.2. The number of H-pyrrole nitrogens is 1. The second-order valence-electron chi connectivity index (χ2n) is 4.58. The molecule has 0 aliphatic rings. The zero-order valence-electron chi connectivity index (χ0n) is 15.7. The van der Waals surface area contributed by atoms with E-state index in [-0.39, 0.29) is 10.5 Å². The number of benzene rings is 1. The highest BCUT2D eigenvalue weighted by atomic mass is 32.2. The third-order valence-electron chi connectivity index (χ3n) is 3.09. The van der Waals surface area contributed by atoms with E-state index < -0.39 is 23.3 Å². The molecule has 2 rings (SSSR count). The number of halogens is 4. The van der Waals surface area contributed by atoms with Crippen LogP contribution >= 0.6 is 11.9 Å². The highest BCUT2D eigenvalue weighted by Gasteiger charge is 2.22. The maximum Gasteiger partial charge on any atom is 0.198 e. The number of hydrogen-bond acceptors (Lipinski definition) is 4. The maximum absolute atomic E-state index is 13.0. The van der Waals surface area contributed by atoms with Gasteiger partial charge in [-0.2, -0.15) is 5.10 Å². The van der Waals surface area contributed by atoms with Crippen molar-refractivity contribution in [2.45, 2.75) is 32.6 Å². The molecule has 0 aliphatic heterocycles. The molecule has 0 radical (unpaired) electrons. The van der Waals surface area contributed by atoms with Crippen molar-refractivity contribution >= 4 is 23.8 Å². The van der Waals surface area contributed by atoms with Gasteiger partial charge >= 0.3 is 0 Å². The van der Waals surface area contributed by atoms with E-state index in [2.05, 4.69) is 26.8 Å². The Morgan fingerprint density at radius 3 is 1.96 bits per heavy atom. The monoisotopic (exact) mass is 392 g/mol. The fourth-order valence-electron chi connectivity index (χ4n) is 1.82. The van der Waals surface area contributed by atoms with Crippen molar-refractivity contribution < 1.29 is 17.6 Å². The number of hydrogen-bond donors (Lipinski definition) is 3. The van der Waals surface area contributed by atoms with Crippen LogP contribution in [0.4, 0.5) is 23.4 Å². The van der Waals surface area contributed by atoms with Gasteiger partial charge in [-0.3, -0.25) is 9.82 Å². The van der Waals surface area contributed by atoms with Crippen molar-refractivity contribution in [1.82, 2.24) is 14.9 Å². The number of rotatable bonds is 4. The maximum atomic E-state index is 13.0. The van der Waals surface area contributed by atoms with Gasteiger partial charge in [0.15, 0.2) is 29.1 Å². The predicted molar refractivity (Wildman–Crippen MR) is 100 cm³/mol. The molecule has 146 valence electrons. The van der Waals surface area contributed by atoms with Crippen LogP contribution in [0, 0.1) is 37.1 Å². The first kappa shape index (κ1) is 24.0. The lowest BCUT2D eigenvalue weighted by molar-refractivity contribution is 0.394. The van der Waals surface area contributed by atoms with Crippen molar-refractivity contribution in [3.63, 3.8) is 0 Å². The number of nitrogens with one attached hydrogen (secondary N) is 3. The molecule has 9 heteroatoms. The van der Waals surface area contributed by atoms with E-state index in [9.17, 15) is 17.6 Å². The van der Waals surface area contributed by atoms with Gasteiger partial charge in [0.1, 0.15) is 0 Å². The second kappa shape index (κ2) is 11.6. The van der Waals surface area contributed by atoms with Crippen molar-refractivity contribution in [2.24, 2.45) is 0 Å². The SMILES string of the molecule is C=Cc1c(NC)n[nH]c1C.CC.CNSc1c(C)c(F)c(F)c(F)c1F. The van der Waals surface area contributed by atoms with Crippen molar-refractivity contribution in [1.29, 1.82) is 0 Å². The molecule has 4 nitrogen and oxygen atoms in total. The Hall–Kier alpha value is -2.00. The van der Waals surface area contributed by atoms with E-state index >= 15 is 0 Å². The largest absolute Gasteiger partial charge is 0.371 e. The average molecular weight is 392 g/mol. The van der Waals surface area contributed by atoms with Crippen LogP contribution in [0.25, 0.3) is 6.08 Å². The van der Waals surface area contributed by atoms with E-state index in [1.807, 2.05) is 27.8 Å². The number of anilines is 1. The minimum Gasteiger partial charge on any atom is -0.371 e. The van der Waals surface area contributed by atoms with Gasteiger partial charge in [-0.15, -0.1) is 0 Å². The quantitative estimate of drug-likeness (QED) is 0.289. The minimum absolute atomic E-state index is 0.249. The molecule has 1 aromatic carbocycles. The lowest BCUT2D eigenvalue weighted by Gasteiger charge is -2.08. The summed E-state index contributed by atoms with van der Waals surface area (Å²) >= 11 is 0.694. The molecule has 0 atom stereocenters. The smallest absolute Gasteiger partial charge is 0.198 e. The molecule has 1 aromatic heterocycles. The predicted octanol–water partition coefficient (Wildman–Crippen LogP) is 5.21. The van der Waals surface area contributed by atoms with E-state index in [4.69, 9.17) is 0 Å². The zero-order chi connectivity index (χ0) is 20.4. The van der Waals surface area contributed by atoms with E-state index in [0.29, 0.717) is 11.9 Å². The van der Waals surface area contributed by atoms with Crippen molar-refractivity contribution in [3.8, 4) is 0 Å². The molecular weight excluding hydrogens is 368 g/mol. The molecule has 26 heavy (non-hydrogen) atoms. The van der Waals surface area contributed by atoms with Crippen LogP contribution in [0.1, 0.15) is 30.7 Å². The summed E-state index contributed by atoms with van der Waals surface area (Å²) in [4.78, 5) is -0.274. The van der Waals surface area contributed by atoms with Gasteiger partial charge in [0.25, 0.3) is 0 Å². The molecule has 0 amide bonds. The van der Waals surface area contributed by atoms with Crippen LogP contribution in [0.2, 0.25) is 0 Å². The van der Waals surface area contributed by atoms with Crippen LogP contribution in [0.3, 0.4) is 0 Å². The summed E-state index contributed by atoms with van der Waals surface area (Å²) in [7, 11) is 3.30. The Labute approximate surface area is 155 Å². The summed E-state index contributed by atoms with van der Waals surface area (Å²) in [6.07, 6.45) is 1.78. The number of nitrogens with zero attached hydrogens (tertiary/aromatic N) is 1. The Morgan fingerprint density at radius 1 is 1.00 bits per heavy atom. The summed E-state index contributed by atoms with van der Waals surface area (Å²) in [6, 6.07) is 0. The van der Waals surface area contributed by atoms with Gasteiger partial charge in [-0.25, -0.2) is 17.6 Å². The summed E-state index contributed by atoms with van der Waals surface area (Å²) in [6.45, 7) is 10.8. The first-order valence-corrected chi connectivity index (χ1v) is 8.62. The highest BCUT2D eigenvalue weighted by Crippen LogP contribution is 2.29. The normalized spacial score (nSPS) is 9.62. The average Bonchev–Trinajstić information content (AvgIpc) is 3.03. The first-order chi connectivity index (χ1) is 12.3. The van der Waals surface area contributed by atoms with Gasteiger partial charge in [0, 0.05) is 23.9 Å². The van der Waals surface area contributed by atoms with Gasteiger partial charge < -0.3 is 5.32 Å². The molecule has 2 aromatic rings. The van der Waals surface area contributed by atoms with Crippen LogP contribution in [-0.2, 0) is 0 Å². The van der Waals surface area contributed by atoms with Crippen LogP contribution in [0.5, 0.6) is 0 Å². The van der Waals surface area contributed by atoms with Crippen molar-refractivity contribution in [2.75, 3.05) is 19.4 Å². The summed E-state index contributed by atoms with van der Waals surface area (Å²) < 4.78 is 53.8. The summed E-state index contributed by atoms with van der Waals surface area (Å²) in [5, 5.41) is 9.81. The molecule has 0 bridgehead atoms. The van der Waals surface area contributed by atoms with Crippen molar-refractivity contribution in [3.05, 3.63) is 46.7 Å². The standard InChI is InChI=1S/C8H7F4NS.C7H11N3.C2H6/c1-3-4(9)5(10)6(11)7(12)8(3)14-13-2;1-4-6-5(2)9-10-7(6)8-3;1-2/h13H,1-2H3;4H,1H2,2-3H3,(H2,8,9,10);1-2H3. The third kappa shape index (κ3) is 5.50. The van der Waals surface area contributed by atoms with Crippen LogP contribution < -0.4 is 10.0 Å². The van der Waals surface area contributed by atoms with Gasteiger partial charge in [0.2, 0.25) is 0 Å². The van der Waals surface area contributed by atoms with E-state index in [1.54, 1.807) is 6.08 Å². The van der Waals surface area contributed by atoms with E-state index in [1.165, 1.54) is 14.0 Å². The summed E-state index contributed by atoms with van der Waals surface area (Å²) in [5.41, 5.74) is 1.84.